The van der Waals surface area contributed by atoms with Crippen molar-refractivity contribution in [3.63, 3.8) is 0 Å². The highest BCUT2D eigenvalue weighted by molar-refractivity contribution is 5.82. The number of H-pyrrole nitrogens is 1. The van der Waals surface area contributed by atoms with E-state index in [9.17, 15) is 0 Å². The molecule has 0 atom stereocenters. The van der Waals surface area contributed by atoms with Crippen LogP contribution in [-0.4, -0.2) is 39.6 Å². The molecule has 0 aliphatic rings. The van der Waals surface area contributed by atoms with Crippen LogP contribution in [0.4, 0.5) is 5.82 Å². The lowest BCUT2D eigenvalue weighted by molar-refractivity contribution is 0.597. The Morgan fingerprint density at radius 2 is 2.17 bits per heavy atom. The van der Waals surface area contributed by atoms with Crippen molar-refractivity contribution in [3.05, 3.63) is 12.7 Å². The van der Waals surface area contributed by atoms with Crippen molar-refractivity contribution in [3.8, 4) is 0 Å². The molecule has 2 aromatic heterocycles. The molecule has 0 amide bonds. The van der Waals surface area contributed by atoms with Crippen LogP contribution in [0.15, 0.2) is 12.7 Å². The second-order valence-corrected chi connectivity index (χ2v) is 4.78. The first-order valence-corrected chi connectivity index (χ1v) is 6.31. The van der Waals surface area contributed by atoms with E-state index in [1.165, 1.54) is 0 Å². The Morgan fingerprint density at radius 3 is 2.89 bits per heavy atom. The highest BCUT2D eigenvalue weighted by atomic mass is 15.2. The lowest BCUT2D eigenvalue weighted by Crippen LogP contribution is -2.31. The van der Waals surface area contributed by atoms with Gasteiger partial charge in [-0.1, -0.05) is 13.8 Å². The summed E-state index contributed by atoms with van der Waals surface area (Å²) in [7, 11) is 0. The molecule has 6 heteroatoms. The van der Waals surface area contributed by atoms with E-state index >= 15 is 0 Å². The molecule has 0 bridgehead atoms. The number of hydrogen-bond donors (Lipinski definition) is 2. The smallest absolute Gasteiger partial charge is 0.182 e. The summed E-state index contributed by atoms with van der Waals surface area (Å²) in [4.78, 5) is 18.0. The molecule has 0 radical (unpaired) electrons. The van der Waals surface area contributed by atoms with E-state index in [1.54, 1.807) is 12.7 Å². The van der Waals surface area contributed by atoms with Crippen molar-refractivity contribution >= 4 is 17.0 Å². The number of hydrogen-bond acceptors (Lipinski definition) is 5. The van der Waals surface area contributed by atoms with Crippen LogP contribution in [-0.2, 0) is 0 Å². The molecule has 2 heterocycles. The van der Waals surface area contributed by atoms with Gasteiger partial charge in [-0.2, -0.15) is 0 Å². The van der Waals surface area contributed by atoms with E-state index < -0.39 is 0 Å². The maximum atomic E-state index is 5.60. The molecule has 2 aromatic rings. The molecular weight excluding hydrogens is 228 g/mol. The van der Waals surface area contributed by atoms with Gasteiger partial charge in [-0.05, 0) is 18.9 Å². The fraction of sp³-hybridized carbons (Fsp3) is 0.583. The molecule has 0 aliphatic carbocycles. The summed E-state index contributed by atoms with van der Waals surface area (Å²) in [5, 5.41) is 0. The molecule has 0 fully saturated rings. The Morgan fingerprint density at radius 1 is 1.33 bits per heavy atom. The third-order valence-corrected chi connectivity index (χ3v) is 2.72. The molecule has 0 saturated carbocycles. The molecule has 0 unspecified atom stereocenters. The number of nitrogens with one attached hydrogen (secondary N) is 1. The zero-order valence-electron chi connectivity index (χ0n) is 10.9. The summed E-state index contributed by atoms with van der Waals surface area (Å²) in [5.41, 5.74) is 7.21. The van der Waals surface area contributed by atoms with Gasteiger partial charge in [-0.25, -0.2) is 15.0 Å². The number of rotatable bonds is 6. The Kier molecular flexibility index (Phi) is 4.09. The van der Waals surface area contributed by atoms with Gasteiger partial charge in [0.15, 0.2) is 11.5 Å². The van der Waals surface area contributed by atoms with Crippen molar-refractivity contribution in [2.24, 2.45) is 11.7 Å². The maximum Gasteiger partial charge on any atom is 0.182 e. The number of fused-ring (bicyclic) bond motifs is 1. The molecule has 2 rings (SSSR count). The topological polar surface area (TPSA) is 83.7 Å². The van der Waals surface area contributed by atoms with E-state index in [4.69, 9.17) is 5.73 Å². The van der Waals surface area contributed by atoms with E-state index in [0.717, 1.165) is 30.8 Å². The fourth-order valence-electron chi connectivity index (χ4n) is 2.00. The number of imidazole rings is 1. The van der Waals surface area contributed by atoms with Crippen LogP contribution in [0.5, 0.6) is 0 Å². The lowest BCUT2D eigenvalue weighted by Gasteiger charge is -2.25. The predicted octanol–water partition coefficient (Wildman–Crippen LogP) is 1.16. The summed E-state index contributed by atoms with van der Waals surface area (Å²) in [5.74, 6) is 1.48. The summed E-state index contributed by atoms with van der Waals surface area (Å²) in [6.45, 7) is 6.93. The SMILES string of the molecule is CC(C)CN(CCCN)c1ncnc2nc[nH]c12. The minimum Gasteiger partial charge on any atom is -0.354 e. The molecule has 3 N–H and O–H groups in total. The van der Waals surface area contributed by atoms with Gasteiger partial charge in [0.25, 0.3) is 0 Å². The summed E-state index contributed by atoms with van der Waals surface area (Å²) >= 11 is 0. The monoisotopic (exact) mass is 248 g/mol. The first-order chi connectivity index (χ1) is 8.72. The average Bonchev–Trinajstić information content (AvgIpc) is 2.82. The van der Waals surface area contributed by atoms with Crippen molar-refractivity contribution in [1.29, 1.82) is 0 Å². The van der Waals surface area contributed by atoms with E-state index in [1.807, 2.05) is 0 Å². The molecular formula is C12H20N6. The molecule has 0 aliphatic heterocycles. The van der Waals surface area contributed by atoms with Crippen LogP contribution in [0.2, 0.25) is 0 Å². The zero-order valence-corrected chi connectivity index (χ0v) is 10.9. The second kappa shape index (κ2) is 5.77. The highest BCUT2D eigenvalue weighted by Gasteiger charge is 2.14. The first kappa shape index (κ1) is 12.8. The van der Waals surface area contributed by atoms with Gasteiger partial charge in [-0.3, -0.25) is 0 Å². The summed E-state index contributed by atoms with van der Waals surface area (Å²) < 4.78 is 0. The Bertz CT molecular complexity index is 492. The van der Waals surface area contributed by atoms with Gasteiger partial charge in [0.05, 0.1) is 6.33 Å². The van der Waals surface area contributed by atoms with Gasteiger partial charge in [0.2, 0.25) is 0 Å². The first-order valence-electron chi connectivity index (χ1n) is 6.31. The third kappa shape index (κ3) is 2.76. The Balaban J connectivity index is 2.30. The average molecular weight is 248 g/mol. The van der Waals surface area contributed by atoms with Crippen LogP contribution >= 0.6 is 0 Å². The van der Waals surface area contributed by atoms with Crippen LogP contribution in [0.1, 0.15) is 20.3 Å². The summed E-state index contributed by atoms with van der Waals surface area (Å²) in [6, 6.07) is 0. The standard InChI is InChI=1S/C12H20N6/c1-9(2)6-18(5-3-4-13)12-10-11(15-7-14-10)16-8-17-12/h7-9H,3-6,13H2,1-2H3,(H,14,15,16,17). The second-order valence-electron chi connectivity index (χ2n) is 4.78. The van der Waals surface area contributed by atoms with Crippen LogP contribution in [0.3, 0.4) is 0 Å². The van der Waals surface area contributed by atoms with Crippen LogP contribution in [0, 0.1) is 5.92 Å². The van der Waals surface area contributed by atoms with E-state index in [0.29, 0.717) is 18.1 Å². The third-order valence-electron chi connectivity index (χ3n) is 2.72. The van der Waals surface area contributed by atoms with E-state index in [-0.39, 0.29) is 0 Å². The number of anilines is 1. The Hall–Kier alpha value is -1.69. The molecule has 0 aromatic carbocycles. The lowest BCUT2D eigenvalue weighted by atomic mass is 10.2. The van der Waals surface area contributed by atoms with Crippen LogP contribution in [0.25, 0.3) is 11.2 Å². The molecule has 0 saturated heterocycles. The molecule has 18 heavy (non-hydrogen) atoms. The van der Waals surface area contributed by atoms with Crippen molar-refractivity contribution in [2.45, 2.75) is 20.3 Å². The van der Waals surface area contributed by atoms with Crippen molar-refractivity contribution in [1.82, 2.24) is 19.9 Å². The Labute approximate surface area is 107 Å². The van der Waals surface area contributed by atoms with Gasteiger partial charge in [0, 0.05) is 13.1 Å². The number of aromatic nitrogens is 4. The van der Waals surface area contributed by atoms with Crippen molar-refractivity contribution in [2.75, 3.05) is 24.5 Å². The number of aromatic amines is 1. The maximum absolute atomic E-state index is 5.60. The van der Waals surface area contributed by atoms with Gasteiger partial charge in [-0.15, -0.1) is 0 Å². The number of nitrogens with two attached hydrogens (primary N) is 1. The zero-order chi connectivity index (χ0) is 13.0. The largest absolute Gasteiger partial charge is 0.354 e. The quantitative estimate of drug-likeness (QED) is 0.801. The minimum atomic E-state index is 0.565. The molecule has 98 valence electrons. The normalized spacial score (nSPS) is 11.3. The summed E-state index contributed by atoms with van der Waals surface area (Å²) in [6.07, 6.45) is 4.17. The van der Waals surface area contributed by atoms with Crippen molar-refractivity contribution < 1.29 is 0 Å². The van der Waals surface area contributed by atoms with Crippen LogP contribution < -0.4 is 10.6 Å². The molecule has 6 nitrogen and oxygen atoms in total. The molecule has 0 spiro atoms. The van der Waals surface area contributed by atoms with Gasteiger partial charge >= 0.3 is 0 Å². The van der Waals surface area contributed by atoms with Gasteiger partial charge in [0.1, 0.15) is 11.8 Å². The number of nitrogens with zero attached hydrogens (tertiary/aromatic N) is 4. The predicted molar refractivity (Wildman–Crippen MR) is 72.4 cm³/mol. The fourth-order valence-corrected chi connectivity index (χ4v) is 2.00. The van der Waals surface area contributed by atoms with Gasteiger partial charge < -0.3 is 15.6 Å². The highest BCUT2D eigenvalue weighted by Crippen LogP contribution is 2.20. The minimum absolute atomic E-state index is 0.565. The van der Waals surface area contributed by atoms with E-state index in [2.05, 4.69) is 38.7 Å².